The van der Waals surface area contributed by atoms with E-state index in [0.717, 1.165) is 10.3 Å². The number of amides is 1. The number of Topliss-reactive ketones (excluding diaryl/α,β-unsaturated/α-hetero) is 1. The lowest BCUT2D eigenvalue weighted by Gasteiger charge is -2.22. The molecule has 2 aliphatic rings. The van der Waals surface area contributed by atoms with E-state index in [-0.39, 0.29) is 28.3 Å². The Kier molecular flexibility index (Phi) is 5.80. The van der Waals surface area contributed by atoms with Crippen molar-refractivity contribution in [1.29, 1.82) is 0 Å². The summed E-state index contributed by atoms with van der Waals surface area (Å²) < 4.78 is 11.8. The number of benzene rings is 3. The van der Waals surface area contributed by atoms with Crippen molar-refractivity contribution < 1.29 is 29.1 Å². The maximum Gasteiger partial charge on any atom is 0.301 e. The van der Waals surface area contributed by atoms with Crippen molar-refractivity contribution in [1.82, 2.24) is 4.98 Å². The molecule has 0 unspecified atom stereocenters. The number of thiazole rings is 1. The lowest BCUT2D eigenvalue weighted by molar-refractivity contribution is -0.384. The van der Waals surface area contributed by atoms with Crippen molar-refractivity contribution in [3.8, 4) is 11.5 Å². The van der Waals surface area contributed by atoms with E-state index in [4.69, 9.17) is 9.47 Å². The number of ketones is 1. The molecule has 0 radical (unpaired) electrons. The van der Waals surface area contributed by atoms with Crippen LogP contribution in [-0.2, 0) is 16.0 Å². The van der Waals surface area contributed by atoms with Crippen LogP contribution in [-0.4, -0.2) is 39.9 Å². The first-order valence-corrected chi connectivity index (χ1v) is 12.9. The van der Waals surface area contributed by atoms with Crippen LogP contribution in [0.25, 0.3) is 16.0 Å². The Bertz CT molecular complexity index is 1730. The summed E-state index contributed by atoms with van der Waals surface area (Å²) in [5.74, 6) is -0.884. The average Bonchev–Trinajstić information content (AvgIpc) is 3.59. The predicted molar refractivity (Wildman–Crippen MR) is 144 cm³/mol. The van der Waals surface area contributed by atoms with Gasteiger partial charge >= 0.3 is 5.91 Å². The molecule has 11 heteroatoms. The van der Waals surface area contributed by atoms with E-state index in [2.05, 4.69) is 4.98 Å². The van der Waals surface area contributed by atoms with Gasteiger partial charge in [0.25, 0.3) is 11.5 Å². The molecule has 6 rings (SSSR count). The highest BCUT2D eigenvalue weighted by Crippen LogP contribution is 2.45. The minimum absolute atomic E-state index is 0.0227. The number of methoxy groups -OCH3 is 1. The second-order valence-corrected chi connectivity index (χ2v) is 10.3. The Hall–Kier alpha value is -4.77. The molecule has 3 aromatic carbocycles. The molecule has 1 aromatic heterocycles. The number of non-ortho nitro benzene ring substituents is 1. The van der Waals surface area contributed by atoms with Crippen LogP contribution in [0, 0.1) is 10.1 Å². The van der Waals surface area contributed by atoms with Crippen LogP contribution < -0.4 is 14.4 Å². The zero-order chi connectivity index (χ0) is 27.4. The molecule has 0 saturated carbocycles. The van der Waals surface area contributed by atoms with Crippen LogP contribution in [0.15, 0.2) is 66.2 Å². The van der Waals surface area contributed by atoms with Gasteiger partial charge in [-0.25, -0.2) is 4.98 Å². The van der Waals surface area contributed by atoms with Gasteiger partial charge in [-0.2, -0.15) is 0 Å². The number of aliphatic hydroxyl groups excluding tert-OH is 1. The number of hydrogen-bond acceptors (Lipinski definition) is 9. The van der Waals surface area contributed by atoms with Crippen molar-refractivity contribution in [2.75, 3.05) is 12.0 Å². The summed E-state index contributed by atoms with van der Waals surface area (Å²) in [5.41, 5.74) is 1.70. The molecular weight excluding hydrogens is 522 g/mol. The number of ether oxygens (including phenoxy) is 2. The summed E-state index contributed by atoms with van der Waals surface area (Å²) in [5, 5.41) is 23.2. The van der Waals surface area contributed by atoms with Crippen molar-refractivity contribution in [2.45, 2.75) is 25.5 Å². The summed E-state index contributed by atoms with van der Waals surface area (Å²) in [6, 6.07) is 14.8. The Morgan fingerprint density at radius 3 is 2.77 bits per heavy atom. The maximum absolute atomic E-state index is 13.5. The van der Waals surface area contributed by atoms with Crippen LogP contribution >= 0.6 is 11.3 Å². The first-order valence-electron chi connectivity index (χ1n) is 12.0. The van der Waals surface area contributed by atoms with E-state index in [9.17, 15) is 24.8 Å². The highest BCUT2D eigenvalue weighted by atomic mass is 32.1. The monoisotopic (exact) mass is 543 g/mol. The normalized spacial score (nSPS) is 19.8. The van der Waals surface area contributed by atoms with E-state index >= 15 is 0 Å². The molecule has 0 aliphatic carbocycles. The maximum atomic E-state index is 13.5. The third kappa shape index (κ3) is 4.07. The van der Waals surface area contributed by atoms with Crippen LogP contribution in [0.3, 0.4) is 0 Å². The van der Waals surface area contributed by atoms with Gasteiger partial charge in [-0.3, -0.25) is 24.6 Å². The Balaban J connectivity index is 1.55. The minimum atomic E-state index is -1.14. The molecular formula is C28H21N3O7S. The zero-order valence-corrected chi connectivity index (χ0v) is 21.6. The van der Waals surface area contributed by atoms with Crippen LogP contribution in [0.1, 0.15) is 29.7 Å². The molecule has 1 fully saturated rings. The molecule has 0 spiro atoms. The summed E-state index contributed by atoms with van der Waals surface area (Å²) in [4.78, 5) is 43.8. The number of carbonyl (C=O) groups excluding carboxylic acids is 2. The lowest BCUT2D eigenvalue weighted by atomic mass is 9.94. The zero-order valence-electron chi connectivity index (χ0n) is 20.8. The van der Waals surface area contributed by atoms with Gasteiger partial charge in [0.2, 0.25) is 0 Å². The molecule has 4 aromatic rings. The number of rotatable bonds is 5. The van der Waals surface area contributed by atoms with Gasteiger partial charge in [0, 0.05) is 24.1 Å². The second-order valence-electron chi connectivity index (χ2n) is 9.31. The molecule has 2 atom stereocenters. The third-order valence-corrected chi connectivity index (χ3v) is 7.82. The molecule has 1 N–H and O–H groups in total. The van der Waals surface area contributed by atoms with Gasteiger partial charge in [0.1, 0.15) is 23.4 Å². The largest absolute Gasteiger partial charge is 0.507 e. The van der Waals surface area contributed by atoms with Crippen molar-refractivity contribution >= 4 is 49.8 Å². The summed E-state index contributed by atoms with van der Waals surface area (Å²) >= 11 is 1.17. The van der Waals surface area contributed by atoms with Crippen LogP contribution in [0.5, 0.6) is 11.5 Å². The van der Waals surface area contributed by atoms with Gasteiger partial charge in [-0.05, 0) is 54.4 Å². The number of anilines is 1. The van der Waals surface area contributed by atoms with Crippen LogP contribution in [0.2, 0.25) is 0 Å². The fourth-order valence-corrected chi connectivity index (χ4v) is 6.02. The first kappa shape index (κ1) is 24.6. The number of nitrogens with zero attached hydrogens (tertiary/aromatic N) is 3. The lowest BCUT2D eigenvalue weighted by Crippen LogP contribution is -2.29. The van der Waals surface area contributed by atoms with E-state index < -0.39 is 22.7 Å². The summed E-state index contributed by atoms with van der Waals surface area (Å²) in [6.45, 7) is 1.93. The fourth-order valence-electron chi connectivity index (χ4n) is 5.00. The van der Waals surface area contributed by atoms with Crippen LogP contribution in [0.4, 0.5) is 10.8 Å². The number of aromatic nitrogens is 1. The Morgan fingerprint density at radius 1 is 1.18 bits per heavy atom. The van der Waals surface area contributed by atoms with Gasteiger partial charge in [-0.15, -0.1) is 0 Å². The third-order valence-electron chi connectivity index (χ3n) is 6.80. The predicted octanol–water partition coefficient (Wildman–Crippen LogP) is 5.16. The molecule has 10 nitrogen and oxygen atoms in total. The van der Waals surface area contributed by atoms with Gasteiger partial charge in [0.15, 0.2) is 5.13 Å². The van der Waals surface area contributed by atoms with E-state index in [1.54, 1.807) is 42.5 Å². The topological polar surface area (TPSA) is 132 Å². The number of nitro benzene ring substituents is 1. The number of carbonyl (C=O) groups is 2. The molecule has 2 aliphatic heterocycles. The van der Waals surface area contributed by atoms with E-state index in [1.807, 2.05) is 6.92 Å². The van der Waals surface area contributed by atoms with Crippen molar-refractivity contribution in [3.05, 3.63) is 93.0 Å². The SMILES string of the molecule is COc1ccc2nc(N3C(=O)C(=O)/C(=C(/O)c4ccc5c(c4)C[C@@H](C)O5)[C@H]3c3cccc([N+](=O)[O-])c3)sc2c1. The molecule has 1 saturated heterocycles. The number of aliphatic hydroxyl groups is 1. The van der Waals surface area contributed by atoms with E-state index in [1.165, 1.54) is 41.5 Å². The standard InChI is InChI=1S/C28H21N3O7S/c1-14-10-17-11-16(6-9-21(17)38-14)25(32)23-24(15-4-3-5-18(12-15)31(35)36)30(27(34)26(23)33)28-29-20-8-7-19(37-2)13-22(20)39-28/h3-9,11-14,24,32H,10H2,1-2H3/b25-23+/t14-,24-/m1/s1. The fraction of sp³-hybridized carbons (Fsp3) is 0.179. The quantitative estimate of drug-likeness (QED) is 0.120. The van der Waals surface area contributed by atoms with Crippen molar-refractivity contribution in [2.24, 2.45) is 0 Å². The first-order chi connectivity index (χ1) is 18.7. The highest BCUT2D eigenvalue weighted by Gasteiger charge is 2.48. The number of fused-ring (bicyclic) bond motifs is 2. The average molecular weight is 544 g/mol. The number of nitro groups is 1. The second kappa shape index (κ2) is 9.21. The van der Waals surface area contributed by atoms with Gasteiger partial charge in [0.05, 0.1) is 33.9 Å². The molecule has 196 valence electrons. The Morgan fingerprint density at radius 2 is 2.00 bits per heavy atom. The van der Waals surface area contributed by atoms with Crippen molar-refractivity contribution in [3.63, 3.8) is 0 Å². The highest BCUT2D eigenvalue weighted by molar-refractivity contribution is 7.22. The number of hydrogen-bond donors (Lipinski definition) is 1. The molecule has 1 amide bonds. The molecule has 39 heavy (non-hydrogen) atoms. The van der Waals surface area contributed by atoms with Gasteiger partial charge < -0.3 is 14.6 Å². The van der Waals surface area contributed by atoms with E-state index in [0.29, 0.717) is 34.6 Å². The molecule has 3 heterocycles. The summed E-state index contributed by atoms with van der Waals surface area (Å²) in [6.07, 6.45) is 0.611. The van der Waals surface area contributed by atoms with Gasteiger partial charge in [-0.1, -0.05) is 23.5 Å². The smallest absolute Gasteiger partial charge is 0.301 e. The molecule has 0 bridgehead atoms. The minimum Gasteiger partial charge on any atom is -0.507 e. The Labute approximate surface area is 225 Å². The summed E-state index contributed by atoms with van der Waals surface area (Å²) in [7, 11) is 1.54.